The summed E-state index contributed by atoms with van der Waals surface area (Å²) in [6, 6.07) is 0. The fourth-order valence-corrected chi connectivity index (χ4v) is 0. The summed E-state index contributed by atoms with van der Waals surface area (Å²) >= 11 is 3.47. The number of hydrogen-bond donors (Lipinski definition) is 2. The maximum Gasteiger partial charge on any atom is 1.00 e. The van der Waals surface area contributed by atoms with E-state index in [1.807, 2.05) is 0 Å². The van der Waals surface area contributed by atoms with E-state index in [1.165, 1.54) is 0 Å². The maximum atomic E-state index is 9.74. The van der Waals surface area contributed by atoms with Gasteiger partial charge in [0.1, 0.15) is 0 Å². The van der Waals surface area contributed by atoms with E-state index < -0.39 is 17.0 Å². The second-order valence-corrected chi connectivity index (χ2v) is 7.17. The van der Waals surface area contributed by atoms with Gasteiger partial charge in [-0.2, -0.15) is 8.42 Å². The molecule has 0 aromatic rings. The van der Waals surface area contributed by atoms with Crippen LogP contribution in [-0.4, -0.2) is 21.7 Å². The fraction of sp³-hybridized carbons (Fsp3) is 0. The summed E-state index contributed by atoms with van der Waals surface area (Å²) in [4.78, 5) is 0. The van der Waals surface area contributed by atoms with Gasteiger partial charge in [-0.15, -0.1) is 0 Å². The van der Waals surface area contributed by atoms with Crippen LogP contribution in [0.15, 0.2) is 0 Å². The average Bonchev–Trinajstić information content (AvgIpc) is 1.25. The van der Waals surface area contributed by atoms with Crippen LogP contribution in [0.5, 0.6) is 0 Å². The number of rotatable bonds is 1. The zero-order chi connectivity index (χ0) is 7.00. The average molecular weight is 202 g/mol. The molecule has 1 atom stereocenters. The third kappa shape index (κ3) is 4.62. The van der Waals surface area contributed by atoms with Gasteiger partial charge in [0.05, 0.1) is 0 Å². The van der Waals surface area contributed by atoms with E-state index in [-0.39, 0.29) is 31.0 Å². The zero-order valence-electron chi connectivity index (χ0n) is 5.34. The minimum atomic E-state index is -4.94. The van der Waals surface area contributed by atoms with Crippen molar-refractivity contribution in [3.8, 4) is 0 Å². The van der Waals surface area contributed by atoms with Crippen molar-refractivity contribution in [1.29, 1.82) is 0 Å². The third-order valence-corrected chi connectivity index (χ3v) is 3.94. The Hall–Kier alpha value is 1.24. The smallest absolute Gasteiger partial charge is 1.00 e. The summed E-state index contributed by atoms with van der Waals surface area (Å²) in [6.07, 6.45) is 0. The first kappa shape index (κ1) is 12.9. The first-order valence-electron chi connectivity index (χ1n) is 1.20. The molecule has 0 rings (SSSR count). The Bertz CT molecular complexity index is 229. The van der Waals surface area contributed by atoms with Gasteiger partial charge in [-0.1, -0.05) is 0 Å². The van der Waals surface area contributed by atoms with Gasteiger partial charge in [0.15, 0.2) is 0 Å². The van der Waals surface area contributed by atoms with Gasteiger partial charge in [0.2, 0.25) is 0 Å². The van der Waals surface area contributed by atoms with Crippen molar-refractivity contribution in [2.24, 2.45) is 0 Å². The Kier molecular flexibility index (Phi) is 5.12. The van der Waals surface area contributed by atoms with Crippen molar-refractivity contribution < 1.29 is 52.7 Å². The molecule has 0 aromatic heterocycles. The van der Waals surface area contributed by atoms with E-state index in [1.54, 1.807) is 0 Å². The summed E-state index contributed by atoms with van der Waals surface area (Å²) < 4.78 is 44.5. The number of hydrogen-bond acceptors (Lipinski definition) is 4. The van der Waals surface area contributed by atoms with Crippen LogP contribution in [0.3, 0.4) is 0 Å². The SMILES string of the molecule is O=S(=O)(O)S(=O)(O)=S.[H-].[Na+]. The molecule has 0 aliphatic carbocycles. The van der Waals surface area contributed by atoms with Crippen LogP contribution in [0, 0.1) is 0 Å². The fourth-order valence-electron chi connectivity index (χ4n) is 0. The molecule has 0 radical (unpaired) electrons. The molecule has 0 aliphatic rings. The van der Waals surface area contributed by atoms with E-state index in [4.69, 9.17) is 9.11 Å². The van der Waals surface area contributed by atoms with Gasteiger partial charge in [-0.05, 0) is 0 Å². The van der Waals surface area contributed by atoms with Gasteiger partial charge in [-0.25, -0.2) is 4.21 Å². The molecule has 1 unspecified atom stereocenters. The minimum absolute atomic E-state index is 0. The Morgan fingerprint density at radius 2 is 1.33 bits per heavy atom. The van der Waals surface area contributed by atoms with Crippen molar-refractivity contribution in [3.05, 3.63) is 0 Å². The van der Waals surface area contributed by atoms with E-state index in [2.05, 4.69) is 11.2 Å². The van der Waals surface area contributed by atoms with E-state index >= 15 is 0 Å². The van der Waals surface area contributed by atoms with Crippen LogP contribution < -0.4 is 29.6 Å². The molecule has 0 saturated heterocycles. The zero-order valence-corrected chi connectivity index (χ0v) is 8.79. The molecule has 0 aromatic carbocycles. The topological polar surface area (TPSA) is 91.7 Å². The Labute approximate surface area is 80.3 Å². The van der Waals surface area contributed by atoms with E-state index in [9.17, 15) is 12.6 Å². The molecular formula is H3NaO5S3. The molecule has 9 heavy (non-hydrogen) atoms. The quantitative estimate of drug-likeness (QED) is 0.257. The monoisotopic (exact) mass is 202 g/mol. The normalized spacial score (nSPS) is 17.6. The summed E-state index contributed by atoms with van der Waals surface area (Å²) in [5, 5.41) is 0. The minimum Gasteiger partial charge on any atom is -1.00 e. The van der Waals surface area contributed by atoms with Crippen LogP contribution in [0.25, 0.3) is 0 Å². The van der Waals surface area contributed by atoms with Crippen molar-refractivity contribution in [1.82, 2.24) is 0 Å². The summed E-state index contributed by atoms with van der Waals surface area (Å²) in [5.74, 6) is 0. The second-order valence-electron chi connectivity index (χ2n) is 0.855. The largest absolute Gasteiger partial charge is 1.00 e. The first-order valence-corrected chi connectivity index (χ1v) is 5.60. The predicted molar refractivity (Wildman–Crippen MR) is 30.8 cm³/mol. The standard InChI is InChI=1S/Na.H2O5S3.H/c;1-7(2,3)8(4,5)6;/h;(H,1,2,3)(H,4,5,6);/q+1;;-1. The molecule has 0 aliphatic heterocycles. The van der Waals surface area contributed by atoms with Gasteiger partial charge in [0.25, 0.3) is 7.80 Å². The van der Waals surface area contributed by atoms with Gasteiger partial charge in [0, 0.05) is 11.2 Å². The Morgan fingerprint density at radius 3 is 1.33 bits per heavy atom. The molecule has 52 valence electrons. The third-order valence-electron chi connectivity index (χ3n) is 0.266. The predicted octanol–water partition coefficient (Wildman–Crippen LogP) is -3.88. The summed E-state index contributed by atoms with van der Waals surface area (Å²) in [6.45, 7) is 0. The molecule has 0 saturated carbocycles. The van der Waals surface area contributed by atoms with Crippen molar-refractivity contribution in [3.63, 3.8) is 0 Å². The molecule has 0 heterocycles. The Balaban J connectivity index is -0.000000245. The van der Waals surface area contributed by atoms with E-state index in [0.29, 0.717) is 0 Å². The molecular weight excluding hydrogens is 199 g/mol. The van der Waals surface area contributed by atoms with Gasteiger partial charge in [-0.3, -0.25) is 9.11 Å². The molecule has 0 spiro atoms. The van der Waals surface area contributed by atoms with Crippen LogP contribution in [-0.2, 0) is 28.1 Å². The van der Waals surface area contributed by atoms with E-state index in [0.717, 1.165) is 0 Å². The molecule has 0 bridgehead atoms. The molecule has 5 nitrogen and oxygen atoms in total. The summed E-state index contributed by atoms with van der Waals surface area (Å²) in [7, 11) is -9.42. The first-order chi connectivity index (χ1) is 3.25. The maximum absolute atomic E-state index is 9.74. The Morgan fingerprint density at radius 1 is 1.22 bits per heavy atom. The van der Waals surface area contributed by atoms with Crippen LogP contribution in [0.1, 0.15) is 1.43 Å². The van der Waals surface area contributed by atoms with Crippen LogP contribution in [0.4, 0.5) is 0 Å². The van der Waals surface area contributed by atoms with Crippen LogP contribution >= 0.6 is 0 Å². The van der Waals surface area contributed by atoms with Crippen molar-refractivity contribution in [2.45, 2.75) is 0 Å². The van der Waals surface area contributed by atoms with Gasteiger partial charge >= 0.3 is 38.7 Å². The van der Waals surface area contributed by atoms with Crippen LogP contribution in [0.2, 0.25) is 0 Å². The van der Waals surface area contributed by atoms with Gasteiger partial charge < -0.3 is 1.43 Å². The molecule has 0 amide bonds. The van der Waals surface area contributed by atoms with Crippen molar-refractivity contribution in [2.75, 3.05) is 0 Å². The van der Waals surface area contributed by atoms with Crippen molar-refractivity contribution >= 4 is 28.1 Å². The molecule has 9 heteroatoms. The summed E-state index contributed by atoms with van der Waals surface area (Å²) in [5.41, 5.74) is 0. The second kappa shape index (κ2) is 3.58. The molecule has 0 fully saturated rings. The molecule has 2 N–H and O–H groups in total.